The van der Waals surface area contributed by atoms with Crippen molar-refractivity contribution in [3.63, 3.8) is 0 Å². The van der Waals surface area contributed by atoms with E-state index in [1.165, 1.54) is 0 Å². The molecular weight excluding hydrogens is 308 g/mol. The zero-order valence-corrected chi connectivity index (χ0v) is 13.5. The van der Waals surface area contributed by atoms with E-state index in [0.29, 0.717) is 0 Å². The quantitative estimate of drug-likeness (QED) is 0.809. The van der Waals surface area contributed by atoms with Crippen LogP contribution in [0.3, 0.4) is 0 Å². The number of carbonyl (C=O) groups is 3. The number of imide groups is 1. The van der Waals surface area contributed by atoms with Gasteiger partial charge >= 0.3 is 12.0 Å². The van der Waals surface area contributed by atoms with Crippen molar-refractivity contribution in [3.05, 3.63) is 35.9 Å². The maximum Gasteiger partial charge on any atom is 0.321 e. The Labute approximate surface area is 140 Å². The van der Waals surface area contributed by atoms with Crippen LogP contribution in [0.5, 0.6) is 0 Å². The lowest BCUT2D eigenvalue weighted by atomic mass is 9.79. The van der Waals surface area contributed by atoms with E-state index in [4.69, 9.17) is 4.74 Å². The Hall–Kier alpha value is -2.37. The van der Waals surface area contributed by atoms with Crippen molar-refractivity contribution in [2.75, 3.05) is 6.61 Å². The summed E-state index contributed by atoms with van der Waals surface area (Å²) in [6.45, 7) is -0.439. The van der Waals surface area contributed by atoms with Gasteiger partial charge in [0.05, 0.1) is 5.41 Å². The summed E-state index contributed by atoms with van der Waals surface area (Å²) in [5.74, 6) is -0.994. The van der Waals surface area contributed by atoms with E-state index in [0.717, 1.165) is 44.1 Å². The lowest BCUT2D eigenvalue weighted by molar-refractivity contribution is -0.154. The molecule has 6 nitrogen and oxygen atoms in total. The van der Waals surface area contributed by atoms with E-state index in [2.05, 4.69) is 10.6 Å². The summed E-state index contributed by atoms with van der Waals surface area (Å²) in [5.41, 5.74) is 0.261. The molecule has 0 atom stereocenters. The minimum atomic E-state index is -0.669. The molecule has 3 amide bonds. The van der Waals surface area contributed by atoms with Gasteiger partial charge in [-0.3, -0.25) is 14.9 Å². The lowest BCUT2D eigenvalue weighted by Crippen LogP contribution is -2.43. The molecular formula is C18H22N2O4. The molecule has 0 unspecified atom stereocenters. The first kappa shape index (κ1) is 16.5. The minimum absolute atomic E-state index is 0.167. The number of ether oxygens (including phenoxy) is 1. The molecule has 2 N–H and O–H groups in total. The average molecular weight is 330 g/mol. The molecule has 128 valence electrons. The van der Waals surface area contributed by atoms with Crippen LogP contribution in [0, 0.1) is 0 Å². The van der Waals surface area contributed by atoms with Crippen molar-refractivity contribution in [3.8, 4) is 0 Å². The van der Waals surface area contributed by atoms with Gasteiger partial charge in [-0.15, -0.1) is 0 Å². The molecule has 0 spiro atoms. The molecule has 0 aliphatic heterocycles. The van der Waals surface area contributed by atoms with Gasteiger partial charge in [0.15, 0.2) is 6.61 Å². The first-order valence-corrected chi connectivity index (χ1v) is 8.43. The third-order valence-electron chi connectivity index (χ3n) is 4.67. The normalized spacial score (nSPS) is 18.7. The van der Waals surface area contributed by atoms with Crippen LogP contribution in [-0.2, 0) is 19.7 Å². The van der Waals surface area contributed by atoms with Crippen LogP contribution < -0.4 is 10.6 Å². The number of benzene rings is 1. The number of hydrogen-bond donors (Lipinski definition) is 2. The summed E-state index contributed by atoms with van der Waals surface area (Å²) in [6.07, 6.45) is 5.24. The molecule has 0 radical (unpaired) electrons. The molecule has 24 heavy (non-hydrogen) atoms. The Bertz CT molecular complexity index is 619. The highest BCUT2D eigenvalue weighted by molar-refractivity contribution is 5.96. The van der Waals surface area contributed by atoms with Crippen molar-refractivity contribution in [1.29, 1.82) is 0 Å². The molecule has 2 fully saturated rings. The second kappa shape index (κ2) is 7.03. The molecule has 3 rings (SSSR count). The first-order chi connectivity index (χ1) is 11.6. The van der Waals surface area contributed by atoms with Gasteiger partial charge in [-0.05, 0) is 31.2 Å². The van der Waals surface area contributed by atoms with Gasteiger partial charge in [-0.25, -0.2) is 4.79 Å². The van der Waals surface area contributed by atoms with E-state index < -0.39 is 24.0 Å². The highest BCUT2D eigenvalue weighted by Crippen LogP contribution is 2.42. The molecule has 2 aliphatic rings. The summed E-state index contributed by atoms with van der Waals surface area (Å²) in [6, 6.07) is 9.20. The number of urea groups is 1. The molecule has 0 saturated heterocycles. The summed E-state index contributed by atoms with van der Waals surface area (Å²) in [7, 11) is 0. The van der Waals surface area contributed by atoms with Gasteiger partial charge in [0.2, 0.25) is 0 Å². The fraction of sp³-hybridized carbons (Fsp3) is 0.500. The van der Waals surface area contributed by atoms with Crippen molar-refractivity contribution in [2.24, 2.45) is 0 Å². The predicted molar refractivity (Wildman–Crippen MR) is 87.2 cm³/mol. The van der Waals surface area contributed by atoms with Crippen molar-refractivity contribution in [2.45, 2.75) is 50.0 Å². The van der Waals surface area contributed by atoms with Crippen LogP contribution >= 0.6 is 0 Å². The summed E-state index contributed by atoms with van der Waals surface area (Å²) in [4.78, 5) is 35.9. The first-order valence-electron chi connectivity index (χ1n) is 8.43. The van der Waals surface area contributed by atoms with Crippen LogP contribution in [0.4, 0.5) is 4.79 Å². The summed E-state index contributed by atoms with van der Waals surface area (Å²) < 4.78 is 5.24. The Morgan fingerprint density at radius 1 is 1.08 bits per heavy atom. The van der Waals surface area contributed by atoms with E-state index in [1.54, 1.807) is 0 Å². The molecule has 1 aromatic rings. The maximum absolute atomic E-state index is 12.6. The van der Waals surface area contributed by atoms with E-state index in [-0.39, 0.29) is 12.0 Å². The number of esters is 1. The van der Waals surface area contributed by atoms with E-state index in [1.807, 2.05) is 30.3 Å². The van der Waals surface area contributed by atoms with Crippen LogP contribution in [0.1, 0.15) is 44.1 Å². The van der Waals surface area contributed by atoms with Gasteiger partial charge < -0.3 is 10.1 Å². The van der Waals surface area contributed by atoms with Crippen LogP contribution in [0.2, 0.25) is 0 Å². The highest BCUT2D eigenvalue weighted by Gasteiger charge is 2.44. The molecule has 0 heterocycles. The number of rotatable bonds is 5. The number of carbonyl (C=O) groups excluding carboxylic acids is 3. The fourth-order valence-corrected chi connectivity index (χ4v) is 3.23. The van der Waals surface area contributed by atoms with E-state index in [9.17, 15) is 14.4 Å². The predicted octanol–water partition coefficient (Wildman–Crippen LogP) is 2.03. The van der Waals surface area contributed by atoms with Gasteiger partial charge in [-0.2, -0.15) is 0 Å². The third kappa shape index (κ3) is 3.75. The lowest BCUT2D eigenvalue weighted by Gasteiger charge is -2.27. The van der Waals surface area contributed by atoms with Gasteiger partial charge in [0.1, 0.15) is 0 Å². The Balaban J connectivity index is 1.56. The smallest absolute Gasteiger partial charge is 0.321 e. The summed E-state index contributed by atoms with van der Waals surface area (Å²) in [5, 5.41) is 4.83. The fourth-order valence-electron chi connectivity index (χ4n) is 3.23. The van der Waals surface area contributed by atoms with Crippen LogP contribution in [-0.4, -0.2) is 30.6 Å². The molecule has 2 saturated carbocycles. The molecule has 2 aliphatic carbocycles. The SMILES string of the molecule is O=C(COC(=O)C1(c2ccccc2)CCCC1)NC(=O)NC1CC1. The zero-order chi connectivity index (χ0) is 17.0. The minimum Gasteiger partial charge on any atom is -0.455 e. The molecule has 0 aromatic heterocycles. The second-order valence-electron chi connectivity index (χ2n) is 6.53. The van der Waals surface area contributed by atoms with Crippen molar-refractivity contribution < 1.29 is 19.1 Å². The zero-order valence-electron chi connectivity index (χ0n) is 13.5. The monoisotopic (exact) mass is 330 g/mol. The molecule has 1 aromatic carbocycles. The Morgan fingerprint density at radius 3 is 2.38 bits per heavy atom. The standard InChI is InChI=1S/C18H22N2O4/c21-15(20-17(23)19-14-8-9-14)12-24-16(22)18(10-4-5-11-18)13-6-2-1-3-7-13/h1-3,6-7,14H,4-5,8-12H2,(H2,19,20,21,23). The Morgan fingerprint density at radius 2 is 1.75 bits per heavy atom. The number of hydrogen-bond acceptors (Lipinski definition) is 4. The van der Waals surface area contributed by atoms with Crippen molar-refractivity contribution in [1.82, 2.24) is 10.6 Å². The number of nitrogens with one attached hydrogen (secondary N) is 2. The van der Waals surface area contributed by atoms with Gasteiger partial charge in [0.25, 0.3) is 5.91 Å². The van der Waals surface area contributed by atoms with Crippen LogP contribution in [0.15, 0.2) is 30.3 Å². The molecule has 0 bridgehead atoms. The number of amides is 3. The molecule has 6 heteroatoms. The van der Waals surface area contributed by atoms with E-state index >= 15 is 0 Å². The Kier molecular flexibility index (Phi) is 4.83. The summed E-state index contributed by atoms with van der Waals surface area (Å²) >= 11 is 0. The van der Waals surface area contributed by atoms with Crippen molar-refractivity contribution >= 4 is 17.9 Å². The maximum atomic E-state index is 12.6. The topological polar surface area (TPSA) is 84.5 Å². The van der Waals surface area contributed by atoms with Gasteiger partial charge in [0, 0.05) is 6.04 Å². The largest absolute Gasteiger partial charge is 0.455 e. The second-order valence-corrected chi connectivity index (χ2v) is 6.53. The average Bonchev–Trinajstić information content (AvgIpc) is 3.25. The van der Waals surface area contributed by atoms with Crippen LogP contribution in [0.25, 0.3) is 0 Å². The van der Waals surface area contributed by atoms with Gasteiger partial charge in [-0.1, -0.05) is 43.2 Å². The third-order valence-corrected chi connectivity index (χ3v) is 4.67. The highest BCUT2D eigenvalue weighted by atomic mass is 16.5.